The molecule has 7 heteroatoms. The number of nitriles is 1. The lowest BCUT2D eigenvalue weighted by molar-refractivity contribution is 0.227. The molecular weight excluding hydrogens is 313 g/mol. The van der Waals surface area contributed by atoms with Crippen LogP contribution < -0.4 is 0 Å². The highest BCUT2D eigenvalue weighted by Gasteiger charge is 2.30. The van der Waals surface area contributed by atoms with Crippen molar-refractivity contribution >= 4 is 13.7 Å². The summed E-state index contributed by atoms with van der Waals surface area (Å²) < 4.78 is 23.0. The van der Waals surface area contributed by atoms with E-state index in [1.54, 1.807) is 20.0 Å². The van der Waals surface area contributed by atoms with Crippen LogP contribution in [0.2, 0.25) is 0 Å². The second kappa shape index (κ2) is 7.89. The predicted molar refractivity (Wildman–Crippen MR) is 88.5 cm³/mol. The number of nitrogens with one attached hydrogen (secondary N) is 1. The molecule has 0 spiro atoms. The molecule has 0 saturated heterocycles. The third-order valence-corrected chi connectivity index (χ3v) is 4.96. The first-order chi connectivity index (χ1) is 11.1. The highest BCUT2D eigenvalue weighted by atomic mass is 31.2. The second-order valence-electron chi connectivity index (χ2n) is 4.53. The zero-order valence-corrected chi connectivity index (χ0v) is 13.9. The molecule has 0 unspecified atom stereocenters. The molecule has 23 heavy (non-hydrogen) atoms. The topological polar surface area (TPSA) is 88.0 Å². The first-order valence-electron chi connectivity index (χ1n) is 7.25. The van der Waals surface area contributed by atoms with Crippen LogP contribution >= 0.6 is 7.60 Å². The Kier molecular flexibility index (Phi) is 5.89. The Hall–Kier alpha value is -2.19. The fourth-order valence-corrected chi connectivity index (χ4v) is 3.44. The van der Waals surface area contributed by atoms with Crippen molar-refractivity contribution in [3.63, 3.8) is 0 Å². The van der Waals surface area contributed by atoms with Crippen molar-refractivity contribution < 1.29 is 13.6 Å². The van der Waals surface area contributed by atoms with Gasteiger partial charge in [-0.05, 0) is 19.9 Å². The molecule has 0 atom stereocenters. The molecule has 120 valence electrons. The van der Waals surface area contributed by atoms with Gasteiger partial charge in [-0.1, -0.05) is 30.3 Å². The molecule has 0 bridgehead atoms. The van der Waals surface area contributed by atoms with Gasteiger partial charge in [0.2, 0.25) is 0 Å². The summed E-state index contributed by atoms with van der Waals surface area (Å²) in [5, 5.41) is 9.26. The van der Waals surface area contributed by atoms with Gasteiger partial charge in [-0.25, -0.2) is 4.98 Å². The van der Waals surface area contributed by atoms with Crippen molar-refractivity contribution in [3.8, 4) is 17.5 Å². The number of benzene rings is 1. The van der Waals surface area contributed by atoms with Crippen LogP contribution in [0.5, 0.6) is 0 Å². The standard InChI is InChI=1S/C16H18N3O3P/c1-3-21-23(20,22-4-2)15(11-17)10-14-12-18-16(19-14)13-8-6-5-7-9-13/h5-10,12H,3-4H2,1-2H3,(H,18,19)/b15-10+. The molecule has 0 aliphatic rings. The molecular formula is C16H18N3O3P. The molecule has 0 saturated carbocycles. The normalized spacial score (nSPS) is 12.1. The predicted octanol–water partition coefficient (Wildman–Crippen LogP) is 4.21. The summed E-state index contributed by atoms with van der Waals surface area (Å²) in [6.07, 6.45) is 3.02. The summed E-state index contributed by atoms with van der Waals surface area (Å²) >= 11 is 0. The van der Waals surface area contributed by atoms with E-state index in [1.807, 2.05) is 36.4 Å². The van der Waals surface area contributed by atoms with Gasteiger partial charge in [0, 0.05) is 5.56 Å². The molecule has 1 aromatic heterocycles. The molecule has 1 aromatic carbocycles. The highest BCUT2D eigenvalue weighted by molar-refractivity contribution is 7.59. The largest absolute Gasteiger partial charge is 0.371 e. The number of aromatic nitrogens is 2. The minimum absolute atomic E-state index is 0.0514. The number of hydrogen-bond acceptors (Lipinski definition) is 5. The Morgan fingerprint density at radius 2 is 1.96 bits per heavy atom. The molecule has 1 N–H and O–H groups in total. The van der Waals surface area contributed by atoms with Crippen LogP contribution in [-0.4, -0.2) is 23.2 Å². The molecule has 0 amide bonds. The Bertz CT molecular complexity index is 752. The van der Waals surface area contributed by atoms with Crippen LogP contribution in [0.1, 0.15) is 19.5 Å². The van der Waals surface area contributed by atoms with Crippen LogP contribution in [0, 0.1) is 11.3 Å². The fraction of sp³-hybridized carbons (Fsp3) is 0.250. The van der Waals surface area contributed by atoms with E-state index in [0.717, 1.165) is 5.56 Å². The average Bonchev–Trinajstić information content (AvgIpc) is 3.02. The van der Waals surface area contributed by atoms with Crippen molar-refractivity contribution in [2.75, 3.05) is 13.2 Å². The van der Waals surface area contributed by atoms with E-state index in [1.165, 1.54) is 6.08 Å². The van der Waals surface area contributed by atoms with Crippen molar-refractivity contribution in [1.82, 2.24) is 9.97 Å². The van der Waals surface area contributed by atoms with E-state index in [0.29, 0.717) is 11.5 Å². The molecule has 6 nitrogen and oxygen atoms in total. The summed E-state index contributed by atoms with van der Waals surface area (Å²) in [5.74, 6) is 0.664. The Labute approximate surface area is 135 Å². The van der Waals surface area contributed by atoms with Gasteiger partial charge < -0.3 is 14.0 Å². The van der Waals surface area contributed by atoms with Gasteiger partial charge in [0.05, 0.1) is 25.1 Å². The first kappa shape index (κ1) is 17.2. The SMILES string of the molecule is CCOP(=O)(OCC)/C(C#N)=C/c1cnc(-c2ccccc2)[nH]1. The molecule has 0 radical (unpaired) electrons. The summed E-state index contributed by atoms with van der Waals surface area (Å²) in [5.41, 5.74) is 1.48. The van der Waals surface area contributed by atoms with Gasteiger partial charge in [0.1, 0.15) is 17.2 Å². The summed E-state index contributed by atoms with van der Waals surface area (Å²) in [6, 6.07) is 11.5. The van der Waals surface area contributed by atoms with E-state index in [9.17, 15) is 9.83 Å². The fourth-order valence-electron chi connectivity index (χ4n) is 1.99. The van der Waals surface area contributed by atoms with Crippen LogP contribution in [0.15, 0.2) is 41.8 Å². The third-order valence-electron chi connectivity index (χ3n) is 2.94. The number of rotatable bonds is 7. The number of hydrogen-bond donors (Lipinski definition) is 1. The molecule has 0 aliphatic carbocycles. The molecule has 2 rings (SSSR count). The lowest BCUT2D eigenvalue weighted by atomic mass is 10.2. The number of imidazole rings is 1. The van der Waals surface area contributed by atoms with Crippen LogP contribution in [0.25, 0.3) is 17.5 Å². The molecule has 1 heterocycles. The maximum Gasteiger partial charge on any atom is 0.371 e. The average molecular weight is 331 g/mol. The Balaban J connectivity index is 2.34. The van der Waals surface area contributed by atoms with Crippen LogP contribution in [0.3, 0.4) is 0 Å². The Morgan fingerprint density at radius 3 is 2.52 bits per heavy atom. The Morgan fingerprint density at radius 1 is 1.30 bits per heavy atom. The number of aromatic amines is 1. The highest BCUT2D eigenvalue weighted by Crippen LogP contribution is 2.56. The van der Waals surface area contributed by atoms with E-state index < -0.39 is 7.60 Å². The quantitative estimate of drug-likeness (QED) is 0.606. The van der Waals surface area contributed by atoms with Gasteiger partial charge >= 0.3 is 7.60 Å². The third kappa shape index (κ3) is 4.17. The van der Waals surface area contributed by atoms with Crippen molar-refractivity contribution in [2.24, 2.45) is 0 Å². The number of nitrogens with zero attached hydrogens (tertiary/aromatic N) is 2. The van der Waals surface area contributed by atoms with E-state index in [2.05, 4.69) is 9.97 Å². The minimum Gasteiger partial charge on any atom is -0.338 e. The van der Waals surface area contributed by atoms with Gasteiger partial charge in [0.25, 0.3) is 0 Å². The lowest BCUT2D eigenvalue weighted by Gasteiger charge is -2.15. The molecule has 0 fully saturated rings. The van der Waals surface area contributed by atoms with E-state index >= 15 is 0 Å². The van der Waals surface area contributed by atoms with E-state index in [4.69, 9.17) is 9.05 Å². The van der Waals surface area contributed by atoms with E-state index in [-0.39, 0.29) is 18.5 Å². The van der Waals surface area contributed by atoms with Gasteiger partial charge in [-0.2, -0.15) is 5.26 Å². The second-order valence-corrected chi connectivity index (χ2v) is 6.52. The van der Waals surface area contributed by atoms with Crippen LogP contribution in [0.4, 0.5) is 0 Å². The van der Waals surface area contributed by atoms with Gasteiger partial charge in [-0.15, -0.1) is 0 Å². The maximum absolute atomic E-state index is 12.7. The minimum atomic E-state index is -3.61. The molecule has 2 aromatic rings. The van der Waals surface area contributed by atoms with Gasteiger partial charge in [-0.3, -0.25) is 4.57 Å². The van der Waals surface area contributed by atoms with Crippen molar-refractivity contribution in [1.29, 1.82) is 5.26 Å². The summed E-state index contributed by atoms with van der Waals surface area (Å²) in [6.45, 7) is 3.78. The number of H-pyrrole nitrogens is 1. The van der Waals surface area contributed by atoms with Gasteiger partial charge in [0.15, 0.2) is 0 Å². The number of allylic oxidation sites excluding steroid dienone is 1. The zero-order chi connectivity index (χ0) is 16.7. The first-order valence-corrected chi connectivity index (χ1v) is 8.79. The zero-order valence-electron chi connectivity index (χ0n) is 13.0. The van der Waals surface area contributed by atoms with Crippen molar-refractivity contribution in [2.45, 2.75) is 13.8 Å². The monoisotopic (exact) mass is 331 g/mol. The smallest absolute Gasteiger partial charge is 0.338 e. The maximum atomic E-state index is 12.7. The molecule has 0 aliphatic heterocycles. The van der Waals surface area contributed by atoms with Crippen molar-refractivity contribution in [3.05, 3.63) is 47.5 Å². The lowest BCUT2D eigenvalue weighted by Crippen LogP contribution is -1.97. The summed E-state index contributed by atoms with van der Waals surface area (Å²) in [7, 11) is -3.61. The summed E-state index contributed by atoms with van der Waals surface area (Å²) in [4.78, 5) is 7.35. The van der Waals surface area contributed by atoms with Crippen LogP contribution in [-0.2, 0) is 13.6 Å².